The topological polar surface area (TPSA) is 237 Å². The number of hydrogen-bond donors (Lipinski definition) is 3. The largest absolute Gasteiger partial charge is 0.472 e. The third kappa shape index (κ3) is 59.6. The highest BCUT2D eigenvalue weighted by atomic mass is 31.2. The van der Waals surface area contributed by atoms with Crippen molar-refractivity contribution < 1.29 is 80.2 Å². The number of aliphatic hydroxyl groups is 1. The van der Waals surface area contributed by atoms with Crippen molar-refractivity contribution in [3.63, 3.8) is 0 Å². The highest BCUT2D eigenvalue weighted by Gasteiger charge is 2.30. The van der Waals surface area contributed by atoms with Gasteiger partial charge in [0.2, 0.25) is 0 Å². The number of hydrogen-bond acceptors (Lipinski definition) is 15. The van der Waals surface area contributed by atoms with Crippen molar-refractivity contribution in [2.24, 2.45) is 17.8 Å². The van der Waals surface area contributed by atoms with Crippen LogP contribution in [0.2, 0.25) is 0 Å². The molecule has 4 unspecified atom stereocenters. The Hall–Kier alpha value is -2.46. The summed E-state index contributed by atoms with van der Waals surface area (Å²) >= 11 is 0. The summed E-state index contributed by atoms with van der Waals surface area (Å²) < 4.78 is 68.1. The minimum Gasteiger partial charge on any atom is -0.462 e. The van der Waals surface area contributed by atoms with Gasteiger partial charge in [0.05, 0.1) is 26.4 Å². The molecule has 0 heterocycles. The summed E-state index contributed by atoms with van der Waals surface area (Å²) in [5.74, 6) is 0.0332. The second-order valence-corrected chi connectivity index (χ2v) is 27.7. The minimum atomic E-state index is -4.96. The first kappa shape index (κ1) is 84.5. The molecule has 0 bridgehead atoms. The van der Waals surface area contributed by atoms with Crippen LogP contribution in [0.5, 0.6) is 0 Å². The van der Waals surface area contributed by atoms with Gasteiger partial charge >= 0.3 is 39.5 Å². The molecule has 0 aromatic carbocycles. The smallest absolute Gasteiger partial charge is 0.462 e. The van der Waals surface area contributed by atoms with Crippen molar-refractivity contribution in [3.8, 4) is 0 Å². The fraction of sp³-hybridized carbons (Fsp3) is 0.882. The fourth-order valence-corrected chi connectivity index (χ4v) is 11.2. The molecule has 3 N–H and O–H groups in total. The number of phosphoric acid groups is 2. The second kappa shape index (κ2) is 58.6. The summed E-state index contributed by atoms with van der Waals surface area (Å²) in [5, 5.41) is 10.6. The summed E-state index contributed by atoms with van der Waals surface area (Å²) in [6.45, 7) is 11.7. The standard InChI is InChI=1S/C68H128O17P2/c1-8-11-12-13-14-15-16-17-18-19-20-21-28-37-44-51-67(72)84-64(56-79-66(71)50-43-36-31-30-34-41-48-61(7)10-3)58-83-87(76,77)81-54-62(69)53-80-86(74,75)82-57-63(85-68(73)52-45-38-29-24-25-32-39-46-59(4)5)55-78-65(70)49-42-35-27-23-22-26-33-40-47-60(6)9-2/h15-18,59-64,69H,8-14,19-58H2,1-7H3,(H,74,75)(H,76,77)/b16-15-,18-17-/t60?,61?,62-,63-,64-/m1/s1. The fourth-order valence-electron chi connectivity index (χ4n) is 9.58. The molecule has 512 valence electrons. The molecule has 0 radical (unpaired) electrons. The van der Waals surface area contributed by atoms with Gasteiger partial charge in [0.15, 0.2) is 12.2 Å². The monoisotopic (exact) mass is 1280 g/mol. The molecule has 17 nitrogen and oxygen atoms in total. The van der Waals surface area contributed by atoms with Crippen LogP contribution >= 0.6 is 15.6 Å². The van der Waals surface area contributed by atoms with Crippen LogP contribution in [-0.2, 0) is 65.4 Å². The maximum atomic E-state index is 13.0. The maximum absolute atomic E-state index is 13.0. The molecule has 7 atom stereocenters. The number of carbonyl (C=O) groups is 4. The first-order valence-electron chi connectivity index (χ1n) is 34.7. The lowest BCUT2D eigenvalue weighted by molar-refractivity contribution is -0.161. The van der Waals surface area contributed by atoms with Crippen molar-refractivity contribution in [1.82, 2.24) is 0 Å². The van der Waals surface area contributed by atoms with Crippen LogP contribution < -0.4 is 0 Å². The Labute approximate surface area is 529 Å². The Morgan fingerprint density at radius 1 is 0.379 bits per heavy atom. The third-order valence-corrected chi connectivity index (χ3v) is 17.6. The molecule has 0 aliphatic carbocycles. The molecule has 0 aliphatic heterocycles. The average molecular weight is 1280 g/mol. The summed E-state index contributed by atoms with van der Waals surface area (Å²) in [5.41, 5.74) is 0. The number of esters is 4. The summed E-state index contributed by atoms with van der Waals surface area (Å²) in [4.78, 5) is 72.4. The van der Waals surface area contributed by atoms with Crippen LogP contribution in [0.15, 0.2) is 24.3 Å². The maximum Gasteiger partial charge on any atom is 0.472 e. The molecular weight excluding hydrogens is 1150 g/mol. The molecule has 0 aromatic rings. The van der Waals surface area contributed by atoms with Crippen molar-refractivity contribution >= 4 is 39.5 Å². The molecule has 0 spiro atoms. The van der Waals surface area contributed by atoms with Crippen molar-refractivity contribution in [2.75, 3.05) is 39.6 Å². The van der Waals surface area contributed by atoms with E-state index in [0.29, 0.717) is 31.6 Å². The van der Waals surface area contributed by atoms with Crippen molar-refractivity contribution in [2.45, 2.75) is 330 Å². The third-order valence-electron chi connectivity index (χ3n) is 15.7. The van der Waals surface area contributed by atoms with E-state index < -0.39 is 97.5 Å². The highest BCUT2D eigenvalue weighted by molar-refractivity contribution is 7.47. The Morgan fingerprint density at radius 2 is 0.678 bits per heavy atom. The van der Waals surface area contributed by atoms with Crippen LogP contribution in [0.3, 0.4) is 0 Å². The van der Waals surface area contributed by atoms with E-state index in [0.717, 1.165) is 121 Å². The van der Waals surface area contributed by atoms with Gasteiger partial charge in [-0.05, 0) is 69.1 Å². The van der Waals surface area contributed by atoms with Crippen molar-refractivity contribution in [1.29, 1.82) is 0 Å². The molecule has 0 aliphatic rings. The first-order chi connectivity index (χ1) is 41.8. The van der Waals surface area contributed by atoms with Gasteiger partial charge in [-0.1, -0.05) is 259 Å². The number of carbonyl (C=O) groups excluding carboxylic acids is 4. The molecule has 19 heteroatoms. The number of ether oxygens (including phenoxy) is 4. The van der Waals surface area contributed by atoms with Gasteiger partial charge in [-0.3, -0.25) is 37.3 Å². The normalized spacial score (nSPS) is 15.1. The van der Waals surface area contributed by atoms with E-state index in [4.69, 9.17) is 37.0 Å². The zero-order valence-electron chi connectivity index (χ0n) is 56.0. The summed E-state index contributed by atoms with van der Waals surface area (Å²) in [6, 6.07) is 0. The van der Waals surface area contributed by atoms with E-state index in [1.165, 1.54) is 103 Å². The van der Waals surface area contributed by atoms with Crippen LogP contribution in [0, 0.1) is 17.8 Å². The molecule has 0 rings (SSSR count). The summed E-state index contributed by atoms with van der Waals surface area (Å²) in [6.07, 6.45) is 44.0. The Balaban J connectivity index is 5.29. The van der Waals surface area contributed by atoms with Gasteiger partial charge in [0.25, 0.3) is 0 Å². The zero-order valence-corrected chi connectivity index (χ0v) is 57.7. The van der Waals surface area contributed by atoms with Gasteiger partial charge in [0, 0.05) is 25.7 Å². The Kier molecular flexibility index (Phi) is 57.0. The quantitative estimate of drug-likeness (QED) is 0.0169. The minimum absolute atomic E-state index is 0.0834. The molecular formula is C68H128O17P2. The van der Waals surface area contributed by atoms with E-state index in [1.54, 1.807) is 0 Å². The predicted molar refractivity (Wildman–Crippen MR) is 349 cm³/mol. The Bertz CT molecular complexity index is 1810. The number of allylic oxidation sites excluding steroid dienone is 4. The molecule has 0 saturated carbocycles. The van der Waals surface area contributed by atoms with Gasteiger partial charge in [0.1, 0.15) is 19.3 Å². The van der Waals surface area contributed by atoms with E-state index in [2.05, 4.69) is 72.8 Å². The van der Waals surface area contributed by atoms with E-state index in [-0.39, 0.29) is 25.7 Å². The van der Waals surface area contributed by atoms with Gasteiger partial charge < -0.3 is 33.8 Å². The Morgan fingerprint density at radius 3 is 1.02 bits per heavy atom. The van der Waals surface area contributed by atoms with Gasteiger partial charge in [-0.2, -0.15) is 0 Å². The number of phosphoric ester groups is 2. The number of unbranched alkanes of at least 4 members (excludes halogenated alkanes) is 27. The SMILES string of the molecule is CCCCCC/C=C\C=C/CCCCCCCC(=O)O[C@H](COC(=O)CCCCCCCCC(C)CC)COP(=O)(O)OC[C@H](O)COP(=O)(O)OC[C@@H](COC(=O)CCCCCCCCCCC(C)CC)OC(=O)CCCCCCCCCC(C)C. The van der Waals surface area contributed by atoms with E-state index in [9.17, 15) is 43.2 Å². The zero-order chi connectivity index (χ0) is 64.5. The molecule has 0 saturated heterocycles. The average Bonchev–Trinajstić information content (AvgIpc) is 3.59. The molecule has 0 aromatic heterocycles. The predicted octanol–water partition coefficient (Wildman–Crippen LogP) is 18.6. The van der Waals surface area contributed by atoms with Gasteiger partial charge in [-0.25, -0.2) is 9.13 Å². The van der Waals surface area contributed by atoms with Crippen LogP contribution in [0.25, 0.3) is 0 Å². The molecule has 0 amide bonds. The number of aliphatic hydroxyl groups excluding tert-OH is 1. The van der Waals surface area contributed by atoms with E-state index in [1.807, 2.05) is 0 Å². The lowest BCUT2D eigenvalue weighted by Crippen LogP contribution is -2.30. The molecule has 0 fully saturated rings. The van der Waals surface area contributed by atoms with Gasteiger partial charge in [-0.15, -0.1) is 0 Å². The number of rotatable bonds is 64. The van der Waals surface area contributed by atoms with Crippen LogP contribution in [0.1, 0.15) is 312 Å². The molecule has 87 heavy (non-hydrogen) atoms. The highest BCUT2D eigenvalue weighted by Crippen LogP contribution is 2.45. The van der Waals surface area contributed by atoms with E-state index >= 15 is 0 Å². The summed E-state index contributed by atoms with van der Waals surface area (Å²) in [7, 11) is -9.91. The second-order valence-electron chi connectivity index (χ2n) is 24.8. The lowest BCUT2D eigenvalue weighted by atomic mass is 9.99. The van der Waals surface area contributed by atoms with Crippen LogP contribution in [-0.4, -0.2) is 96.7 Å². The van der Waals surface area contributed by atoms with Crippen molar-refractivity contribution in [3.05, 3.63) is 24.3 Å². The lowest BCUT2D eigenvalue weighted by Gasteiger charge is -2.21. The first-order valence-corrected chi connectivity index (χ1v) is 37.7. The van der Waals surface area contributed by atoms with Crippen LogP contribution in [0.4, 0.5) is 0 Å².